The van der Waals surface area contributed by atoms with Gasteiger partial charge in [-0.15, -0.1) is 0 Å². The average molecular weight is 451 g/mol. The van der Waals surface area contributed by atoms with Crippen LogP contribution in [0.5, 0.6) is 11.5 Å². The van der Waals surface area contributed by atoms with Gasteiger partial charge in [-0.2, -0.15) is 0 Å². The smallest absolute Gasteiger partial charge is 0.148 e. The molecule has 4 aromatic rings. The van der Waals surface area contributed by atoms with Gasteiger partial charge in [0.15, 0.2) is 0 Å². The molecule has 4 rings (SSSR count). The van der Waals surface area contributed by atoms with E-state index in [4.69, 9.17) is 9.47 Å². The minimum absolute atomic E-state index is 0.211. The molecule has 0 amide bonds. The lowest BCUT2D eigenvalue weighted by Gasteiger charge is -2.24. The summed E-state index contributed by atoms with van der Waals surface area (Å²) in [5.74, 6) is 1.23. The molecule has 3 heteroatoms. The van der Waals surface area contributed by atoms with E-state index in [-0.39, 0.29) is 17.6 Å². The maximum absolute atomic E-state index is 14.3. The Hall–Kier alpha value is -3.85. The lowest BCUT2D eigenvalue weighted by Crippen LogP contribution is -2.24. The summed E-state index contributed by atoms with van der Waals surface area (Å²) >= 11 is 0. The van der Waals surface area contributed by atoms with Crippen molar-refractivity contribution in [3.63, 3.8) is 0 Å². The molecule has 172 valence electrons. The Morgan fingerprint density at radius 3 is 1.24 bits per heavy atom. The molecule has 0 aliphatic carbocycles. The topological polar surface area (TPSA) is 35.5 Å². The molecule has 0 spiro atoms. The summed E-state index contributed by atoms with van der Waals surface area (Å²) in [6, 6.07) is 36.2. The molecular weight excluding hydrogens is 420 g/mol. The molecule has 0 aliphatic rings. The van der Waals surface area contributed by atoms with Crippen LogP contribution < -0.4 is 9.47 Å². The van der Waals surface area contributed by atoms with Gasteiger partial charge in [-0.25, -0.2) is 0 Å². The lowest BCUT2D eigenvalue weighted by atomic mass is 9.78. The van der Waals surface area contributed by atoms with Crippen LogP contribution in [0.25, 0.3) is 0 Å². The van der Waals surface area contributed by atoms with Crippen LogP contribution in [0.15, 0.2) is 109 Å². The van der Waals surface area contributed by atoms with Gasteiger partial charge in [0.1, 0.15) is 17.3 Å². The van der Waals surface area contributed by atoms with Crippen LogP contribution in [0, 0.1) is 0 Å². The average Bonchev–Trinajstić information content (AvgIpc) is 2.91. The third kappa shape index (κ3) is 5.74. The Labute approximate surface area is 202 Å². The van der Waals surface area contributed by atoms with Crippen LogP contribution >= 0.6 is 0 Å². The van der Waals surface area contributed by atoms with Crippen LogP contribution in [0.1, 0.15) is 34.1 Å². The highest BCUT2D eigenvalue weighted by Crippen LogP contribution is 2.33. The van der Waals surface area contributed by atoms with E-state index < -0.39 is 0 Å². The predicted molar refractivity (Wildman–Crippen MR) is 137 cm³/mol. The van der Waals surface area contributed by atoms with Crippen molar-refractivity contribution in [2.24, 2.45) is 0 Å². The van der Waals surface area contributed by atoms with E-state index >= 15 is 0 Å². The number of ketones is 1. The standard InChI is InChI=1S/C31H30O3/c1-33-27-17-13-25(14-18-27)29(21-23-9-5-3-6-10-23)31(32)30(22-24-11-7-4-8-12-24)26-15-19-28(34-2)20-16-26/h3-20,29-30H,21-22H2,1-2H3. The molecule has 0 fully saturated rings. The van der Waals surface area contributed by atoms with E-state index in [1.54, 1.807) is 14.2 Å². The fourth-order valence-corrected chi connectivity index (χ4v) is 4.38. The van der Waals surface area contributed by atoms with Gasteiger partial charge in [0.2, 0.25) is 0 Å². The van der Waals surface area contributed by atoms with Crippen molar-refractivity contribution in [1.29, 1.82) is 0 Å². The van der Waals surface area contributed by atoms with Gasteiger partial charge in [-0.3, -0.25) is 4.79 Å². The molecule has 4 aromatic carbocycles. The predicted octanol–water partition coefficient (Wildman–Crippen LogP) is 6.63. The molecule has 0 saturated carbocycles. The number of ether oxygens (including phenoxy) is 2. The Morgan fingerprint density at radius 1 is 0.559 bits per heavy atom. The van der Waals surface area contributed by atoms with E-state index in [1.165, 1.54) is 0 Å². The van der Waals surface area contributed by atoms with Gasteiger partial charge in [0.25, 0.3) is 0 Å². The fourth-order valence-electron chi connectivity index (χ4n) is 4.38. The Bertz CT molecular complexity index is 1070. The highest BCUT2D eigenvalue weighted by atomic mass is 16.5. The summed E-state index contributed by atoms with van der Waals surface area (Å²) in [6.45, 7) is 0. The summed E-state index contributed by atoms with van der Waals surface area (Å²) in [5.41, 5.74) is 4.29. The number of benzene rings is 4. The van der Waals surface area contributed by atoms with E-state index in [2.05, 4.69) is 24.3 Å². The Kier molecular flexibility index (Phi) is 7.77. The highest BCUT2D eigenvalue weighted by Gasteiger charge is 2.30. The number of rotatable bonds is 10. The monoisotopic (exact) mass is 450 g/mol. The number of Topliss-reactive ketones (excluding diaryl/α,β-unsaturated/α-hetero) is 1. The van der Waals surface area contributed by atoms with Crippen molar-refractivity contribution in [2.75, 3.05) is 14.2 Å². The number of hydrogen-bond donors (Lipinski definition) is 0. The molecule has 0 heterocycles. The summed E-state index contributed by atoms with van der Waals surface area (Å²) < 4.78 is 10.7. The highest BCUT2D eigenvalue weighted by molar-refractivity contribution is 5.92. The first kappa shape index (κ1) is 23.3. The summed E-state index contributed by atoms with van der Waals surface area (Å²) in [4.78, 5) is 14.3. The zero-order chi connectivity index (χ0) is 23.8. The zero-order valence-corrected chi connectivity index (χ0v) is 19.7. The van der Waals surface area contributed by atoms with Crippen molar-refractivity contribution in [3.05, 3.63) is 131 Å². The molecule has 3 nitrogen and oxygen atoms in total. The minimum Gasteiger partial charge on any atom is -0.497 e. The maximum Gasteiger partial charge on any atom is 0.148 e. The van der Waals surface area contributed by atoms with Gasteiger partial charge < -0.3 is 9.47 Å². The molecule has 0 N–H and O–H groups in total. The van der Waals surface area contributed by atoms with Crippen molar-refractivity contribution in [1.82, 2.24) is 0 Å². The maximum atomic E-state index is 14.3. The van der Waals surface area contributed by atoms with Crippen molar-refractivity contribution in [3.8, 4) is 11.5 Å². The van der Waals surface area contributed by atoms with Gasteiger partial charge in [0, 0.05) is 11.8 Å². The number of methoxy groups -OCH3 is 2. The van der Waals surface area contributed by atoms with Gasteiger partial charge >= 0.3 is 0 Å². The first-order chi connectivity index (χ1) is 16.7. The first-order valence-corrected chi connectivity index (χ1v) is 11.6. The van der Waals surface area contributed by atoms with Gasteiger partial charge in [-0.05, 0) is 59.4 Å². The third-order valence-corrected chi connectivity index (χ3v) is 6.29. The first-order valence-electron chi connectivity index (χ1n) is 11.6. The quantitative estimate of drug-likeness (QED) is 0.272. The molecule has 2 atom stereocenters. The van der Waals surface area contributed by atoms with Crippen LogP contribution in [0.3, 0.4) is 0 Å². The normalized spacial score (nSPS) is 12.5. The lowest BCUT2D eigenvalue weighted by molar-refractivity contribution is -0.122. The van der Waals surface area contributed by atoms with Crippen molar-refractivity contribution < 1.29 is 14.3 Å². The summed E-state index contributed by atoms with van der Waals surface area (Å²) in [6.07, 6.45) is 1.29. The molecule has 0 saturated heterocycles. The molecule has 0 bridgehead atoms. The summed E-state index contributed by atoms with van der Waals surface area (Å²) in [7, 11) is 3.31. The Morgan fingerprint density at radius 2 is 0.912 bits per heavy atom. The summed E-state index contributed by atoms with van der Waals surface area (Å²) in [5, 5.41) is 0. The van der Waals surface area contributed by atoms with Crippen LogP contribution in [0.4, 0.5) is 0 Å². The van der Waals surface area contributed by atoms with Crippen LogP contribution in [-0.4, -0.2) is 20.0 Å². The minimum atomic E-state index is -0.274. The van der Waals surface area contributed by atoms with E-state index in [1.807, 2.05) is 84.9 Å². The number of hydrogen-bond acceptors (Lipinski definition) is 3. The molecule has 2 unspecified atom stereocenters. The zero-order valence-electron chi connectivity index (χ0n) is 19.7. The molecule has 34 heavy (non-hydrogen) atoms. The molecular formula is C31H30O3. The van der Waals surface area contributed by atoms with Gasteiger partial charge in [0.05, 0.1) is 14.2 Å². The second-order valence-electron chi connectivity index (χ2n) is 8.43. The van der Waals surface area contributed by atoms with Crippen LogP contribution in [0.2, 0.25) is 0 Å². The number of carbonyl (C=O) groups is 1. The van der Waals surface area contributed by atoms with E-state index in [9.17, 15) is 4.79 Å². The van der Waals surface area contributed by atoms with E-state index in [0.717, 1.165) is 33.8 Å². The SMILES string of the molecule is COc1ccc(C(Cc2ccccc2)C(=O)C(Cc2ccccc2)c2ccc(OC)cc2)cc1. The number of carbonyl (C=O) groups excluding carboxylic acids is 1. The van der Waals surface area contributed by atoms with Gasteiger partial charge in [-0.1, -0.05) is 84.9 Å². The molecule has 0 aromatic heterocycles. The second kappa shape index (κ2) is 11.3. The van der Waals surface area contributed by atoms with E-state index in [0.29, 0.717) is 12.8 Å². The van der Waals surface area contributed by atoms with Crippen molar-refractivity contribution >= 4 is 5.78 Å². The largest absolute Gasteiger partial charge is 0.497 e. The van der Waals surface area contributed by atoms with Crippen LogP contribution in [-0.2, 0) is 17.6 Å². The fraction of sp³-hybridized carbons (Fsp3) is 0.194. The van der Waals surface area contributed by atoms with Crippen molar-refractivity contribution in [2.45, 2.75) is 24.7 Å². The molecule has 0 radical (unpaired) electrons. The molecule has 0 aliphatic heterocycles. The second-order valence-corrected chi connectivity index (χ2v) is 8.43. The third-order valence-electron chi connectivity index (χ3n) is 6.29. The Balaban J connectivity index is 1.73.